The van der Waals surface area contributed by atoms with Crippen molar-refractivity contribution in [2.24, 2.45) is 17.8 Å². The first-order valence-corrected chi connectivity index (χ1v) is 12.1. The summed E-state index contributed by atoms with van der Waals surface area (Å²) in [6.07, 6.45) is 7.53. The highest BCUT2D eigenvalue weighted by molar-refractivity contribution is 6.00. The predicted molar refractivity (Wildman–Crippen MR) is 133 cm³/mol. The number of H-pyrrole nitrogens is 1. The SMILES string of the molecule is [C-]#[N+]c1c(-c2c[nH]c3ncc(F)cc23)nc(NC2C3CCC(CC3)C2C)c(F)c1-c1ccccc1. The fourth-order valence-electron chi connectivity index (χ4n) is 6.15. The highest BCUT2D eigenvalue weighted by atomic mass is 19.1. The average molecular weight is 470 g/mol. The van der Waals surface area contributed by atoms with Crippen molar-refractivity contribution in [3.63, 3.8) is 0 Å². The molecule has 0 amide bonds. The largest absolute Gasteiger partial charge is 0.364 e. The molecule has 0 radical (unpaired) electrons. The van der Waals surface area contributed by atoms with Crippen LogP contribution >= 0.6 is 0 Å². The van der Waals surface area contributed by atoms with Crippen molar-refractivity contribution in [1.29, 1.82) is 0 Å². The van der Waals surface area contributed by atoms with Crippen LogP contribution in [0, 0.1) is 36.0 Å². The van der Waals surface area contributed by atoms with Crippen molar-refractivity contribution >= 4 is 22.5 Å². The van der Waals surface area contributed by atoms with Crippen molar-refractivity contribution in [3.8, 4) is 22.4 Å². The number of rotatable bonds is 4. The molecule has 5 nitrogen and oxygen atoms in total. The lowest BCUT2D eigenvalue weighted by atomic mass is 9.62. The summed E-state index contributed by atoms with van der Waals surface area (Å²) in [7, 11) is 0. The van der Waals surface area contributed by atoms with Gasteiger partial charge in [0, 0.05) is 28.8 Å². The number of aromatic amines is 1. The van der Waals surface area contributed by atoms with E-state index in [4.69, 9.17) is 11.6 Å². The van der Waals surface area contributed by atoms with Gasteiger partial charge in [-0.15, -0.1) is 0 Å². The maximum Gasteiger partial charge on any atom is 0.223 e. The lowest BCUT2D eigenvalue weighted by Crippen LogP contribution is -2.47. The van der Waals surface area contributed by atoms with Crippen LogP contribution in [-0.2, 0) is 0 Å². The van der Waals surface area contributed by atoms with E-state index in [1.54, 1.807) is 18.3 Å². The maximum atomic E-state index is 16.2. The molecule has 3 aliphatic carbocycles. The molecule has 7 rings (SSSR count). The summed E-state index contributed by atoms with van der Waals surface area (Å²) in [5.41, 5.74) is 2.23. The molecule has 3 heterocycles. The van der Waals surface area contributed by atoms with Gasteiger partial charge in [0.25, 0.3) is 0 Å². The fraction of sp³-hybridized carbons (Fsp3) is 0.321. The van der Waals surface area contributed by atoms with E-state index in [0.717, 1.165) is 19.0 Å². The molecule has 3 saturated carbocycles. The van der Waals surface area contributed by atoms with E-state index in [1.807, 2.05) is 18.2 Å². The topological polar surface area (TPSA) is 58.0 Å². The van der Waals surface area contributed by atoms with Gasteiger partial charge in [-0.25, -0.2) is 23.6 Å². The van der Waals surface area contributed by atoms with Crippen LogP contribution in [-0.4, -0.2) is 21.0 Å². The van der Waals surface area contributed by atoms with Crippen molar-refractivity contribution in [2.45, 2.75) is 38.6 Å². The van der Waals surface area contributed by atoms with Gasteiger partial charge in [0.2, 0.25) is 5.69 Å². The lowest BCUT2D eigenvalue weighted by Gasteiger charge is -2.47. The molecule has 2 atom stereocenters. The first kappa shape index (κ1) is 21.7. The second-order valence-corrected chi connectivity index (χ2v) is 9.78. The average Bonchev–Trinajstić information content (AvgIpc) is 3.30. The van der Waals surface area contributed by atoms with Gasteiger partial charge in [-0.3, -0.25) is 0 Å². The van der Waals surface area contributed by atoms with Gasteiger partial charge in [-0.1, -0.05) is 37.3 Å². The van der Waals surface area contributed by atoms with E-state index < -0.39 is 11.6 Å². The number of fused-ring (bicyclic) bond motifs is 4. The third kappa shape index (κ3) is 3.56. The smallest absolute Gasteiger partial charge is 0.223 e. The molecule has 0 saturated heterocycles. The lowest BCUT2D eigenvalue weighted by molar-refractivity contribution is 0.0926. The highest BCUT2D eigenvalue weighted by Gasteiger charge is 2.42. The van der Waals surface area contributed by atoms with Crippen LogP contribution in [0.1, 0.15) is 32.6 Å². The fourth-order valence-corrected chi connectivity index (χ4v) is 6.15. The van der Waals surface area contributed by atoms with Crippen LogP contribution in [0.4, 0.5) is 20.3 Å². The van der Waals surface area contributed by atoms with Crippen LogP contribution in [0.5, 0.6) is 0 Å². The molecule has 176 valence electrons. The van der Waals surface area contributed by atoms with Crippen molar-refractivity contribution in [3.05, 3.63) is 71.8 Å². The Morgan fingerprint density at radius 1 is 1.09 bits per heavy atom. The molecule has 2 unspecified atom stereocenters. The molecule has 3 fully saturated rings. The van der Waals surface area contributed by atoms with E-state index in [0.29, 0.717) is 45.6 Å². The minimum absolute atomic E-state index is 0.0997. The van der Waals surface area contributed by atoms with Gasteiger partial charge in [0.1, 0.15) is 11.5 Å². The minimum atomic E-state index is -0.524. The molecule has 4 aromatic rings. The third-order valence-corrected chi connectivity index (χ3v) is 7.98. The molecule has 3 aromatic heterocycles. The molecule has 7 heteroatoms. The molecule has 0 spiro atoms. The van der Waals surface area contributed by atoms with E-state index in [1.165, 1.54) is 18.9 Å². The standard InChI is InChI=1S/C28H25F2N5/c1-15-16-8-10-18(11-9-16)24(15)34-28-23(30)22(17-6-4-3-5-7-17)26(31-2)25(35-28)21-14-33-27-20(21)12-19(29)13-32-27/h3-7,12-16,18,24H,8-11H2,1H3,(H,32,33)(H,34,35). The van der Waals surface area contributed by atoms with Gasteiger partial charge in [0.15, 0.2) is 11.6 Å². The minimum Gasteiger partial charge on any atom is -0.364 e. The predicted octanol–water partition coefficient (Wildman–Crippen LogP) is 7.36. The summed E-state index contributed by atoms with van der Waals surface area (Å²) in [6, 6.07) is 10.6. The molecule has 2 N–H and O–H groups in total. The van der Waals surface area contributed by atoms with E-state index in [-0.39, 0.29) is 23.1 Å². The number of nitrogens with one attached hydrogen (secondary N) is 2. The summed E-state index contributed by atoms with van der Waals surface area (Å²) in [4.78, 5) is 15.6. The second-order valence-electron chi connectivity index (χ2n) is 9.78. The summed E-state index contributed by atoms with van der Waals surface area (Å²) >= 11 is 0. The molecule has 35 heavy (non-hydrogen) atoms. The quantitative estimate of drug-likeness (QED) is 0.307. The van der Waals surface area contributed by atoms with Gasteiger partial charge in [-0.2, -0.15) is 0 Å². The van der Waals surface area contributed by atoms with Crippen LogP contribution in [0.15, 0.2) is 48.8 Å². The zero-order valence-electron chi connectivity index (χ0n) is 19.4. The van der Waals surface area contributed by atoms with E-state index >= 15 is 4.39 Å². The second kappa shape index (κ2) is 8.46. The number of nitrogens with zero attached hydrogens (tertiary/aromatic N) is 3. The monoisotopic (exact) mass is 469 g/mol. The van der Waals surface area contributed by atoms with Gasteiger partial charge >= 0.3 is 0 Å². The Morgan fingerprint density at radius 2 is 1.83 bits per heavy atom. The molecular weight excluding hydrogens is 444 g/mol. The van der Waals surface area contributed by atoms with Crippen LogP contribution in [0.2, 0.25) is 0 Å². The maximum absolute atomic E-state index is 16.2. The molecular formula is C28H25F2N5. The van der Waals surface area contributed by atoms with E-state index in [9.17, 15) is 4.39 Å². The van der Waals surface area contributed by atoms with Gasteiger partial charge < -0.3 is 10.3 Å². The van der Waals surface area contributed by atoms with Gasteiger partial charge in [-0.05, 0) is 55.1 Å². The number of hydrogen-bond donors (Lipinski definition) is 2. The Morgan fingerprint density at radius 3 is 2.54 bits per heavy atom. The number of hydrogen-bond acceptors (Lipinski definition) is 3. The third-order valence-electron chi connectivity index (χ3n) is 7.98. The molecule has 2 bridgehead atoms. The summed E-state index contributed by atoms with van der Waals surface area (Å²) in [6.45, 7) is 10.2. The Balaban J connectivity index is 1.57. The zero-order chi connectivity index (χ0) is 24.1. The number of halogens is 2. The van der Waals surface area contributed by atoms with Crippen molar-refractivity contribution in [2.75, 3.05) is 5.32 Å². The first-order valence-electron chi connectivity index (χ1n) is 12.1. The number of benzene rings is 1. The van der Waals surface area contributed by atoms with Gasteiger partial charge in [0.05, 0.1) is 18.5 Å². The molecule has 1 aromatic carbocycles. The van der Waals surface area contributed by atoms with Crippen molar-refractivity contribution < 1.29 is 8.78 Å². The van der Waals surface area contributed by atoms with Crippen LogP contribution in [0.3, 0.4) is 0 Å². The molecule has 0 aliphatic heterocycles. The number of aromatic nitrogens is 3. The van der Waals surface area contributed by atoms with Crippen LogP contribution < -0.4 is 5.32 Å². The first-order chi connectivity index (χ1) is 17.0. The van der Waals surface area contributed by atoms with E-state index in [2.05, 4.69) is 27.1 Å². The zero-order valence-corrected chi connectivity index (χ0v) is 19.4. The Labute approximate surface area is 202 Å². The summed E-state index contributed by atoms with van der Waals surface area (Å²) in [5.74, 6) is 0.668. The highest BCUT2D eigenvalue weighted by Crippen LogP contribution is 2.48. The number of pyridine rings is 2. The Bertz CT molecular complexity index is 1450. The van der Waals surface area contributed by atoms with Crippen LogP contribution in [0.25, 0.3) is 38.3 Å². The summed E-state index contributed by atoms with van der Waals surface area (Å²) in [5, 5.41) is 3.97. The number of anilines is 1. The molecule has 3 aliphatic rings. The summed E-state index contributed by atoms with van der Waals surface area (Å²) < 4.78 is 30.3. The normalized spacial score (nSPS) is 23.4. The Kier molecular flexibility index (Phi) is 5.25. The van der Waals surface area contributed by atoms with Crippen molar-refractivity contribution in [1.82, 2.24) is 15.0 Å². The Hall–Kier alpha value is -3.79.